The monoisotopic (exact) mass is 432 g/mol. The van der Waals surface area contributed by atoms with Crippen LogP contribution in [0.1, 0.15) is 16.7 Å². The van der Waals surface area contributed by atoms with Crippen molar-refractivity contribution in [2.45, 2.75) is 12.1 Å². The number of nitrogens with zero attached hydrogens (tertiary/aromatic N) is 1. The van der Waals surface area contributed by atoms with Crippen LogP contribution in [0.5, 0.6) is 0 Å². The Hall–Kier alpha value is -4.38. The predicted molar refractivity (Wildman–Crippen MR) is 131 cm³/mol. The third-order valence-electron chi connectivity index (χ3n) is 6.07. The molecule has 1 heterocycles. The summed E-state index contributed by atoms with van der Waals surface area (Å²) in [6.45, 7) is 0.300. The van der Waals surface area contributed by atoms with E-state index in [4.69, 9.17) is 11.1 Å². The fourth-order valence-corrected chi connectivity index (χ4v) is 4.40. The van der Waals surface area contributed by atoms with Crippen molar-refractivity contribution >= 4 is 17.6 Å². The zero-order valence-electron chi connectivity index (χ0n) is 18.0. The van der Waals surface area contributed by atoms with E-state index in [1.807, 2.05) is 103 Å². The van der Waals surface area contributed by atoms with E-state index < -0.39 is 5.54 Å². The SMILES string of the molecule is N=C1NC(c2ccccc2)(c2ccccc2)C(=O)N1Cc1cccc(-c2ccc(N)cc2)c1. The van der Waals surface area contributed by atoms with Crippen LogP contribution in [0.3, 0.4) is 0 Å². The minimum Gasteiger partial charge on any atom is -0.399 e. The molecule has 5 rings (SSSR count). The zero-order chi connectivity index (χ0) is 22.8. The molecule has 0 bridgehead atoms. The summed E-state index contributed by atoms with van der Waals surface area (Å²) in [5, 5.41) is 11.9. The molecule has 0 radical (unpaired) electrons. The molecule has 4 aromatic rings. The van der Waals surface area contributed by atoms with Gasteiger partial charge in [-0.1, -0.05) is 91.0 Å². The highest BCUT2D eigenvalue weighted by Gasteiger charge is 2.52. The number of amides is 1. The van der Waals surface area contributed by atoms with Crippen molar-refractivity contribution in [3.8, 4) is 11.1 Å². The number of nitrogens with one attached hydrogen (secondary N) is 2. The molecule has 5 nitrogen and oxygen atoms in total. The molecular weight excluding hydrogens is 408 g/mol. The summed E-state index contributed by atoms with van der Waals surface area (Å²) in [6, 6.07) is 35.0. The van der Waals surface area contributed by atoms with Gasteiger partial charge in [0.05, 0.1) is 6.54 Å². The third kappa shape index (κ3) is 3.64. The molecule has 4 N–H and O–H groups in total. The van der Waals surface area contributed by atoms with Gasteiger partial charge >= 0.3 is 0 Å². The van der Waals surface area contributed by atoms with Gasteiger partial charge in [-0.2, -0.15) is 0 Å². The molecular formula is C28H24N4O. The maximum atomic E-state index is 13.9. The van der Waals surface area contributed by atoms with E-state index in [-0.39, 0.29) is 11.9 Å². The van der Waals surface area contributed by atoms with Crippen LogP contribution in [0, 0.1) is 5.41 Å². The summed E-state index contributed by atoms with van der Waals surface area (Å²) in [4.78, 5) is 15.5. The Morgan fingerprint density at radius 2 is 1.36 bits per heavy atom. The van der Waals surface area contributed by atoms with Crippen LogP contribution in [0.4, 0.5) is 5.69 Å². The van der Waals surface area contributed by atoms with Crippen LogP contribution in [0.25, 0.3) is 11.1 Å². The van der Waals surface area contributed by atoms with Crippen molar-refractivity contribution in [2.75, 3.05) is 5.73 Å². The molecule has 0 atom stereocenters. The summed E-state index contributed by atoms with van der Waals surface area (Å²) in [5.41, 5.74) is 10.1. The van der Waals surface area contributed by atoms with Crippen LogP contribution in [0.15, 0.2) is 109 Å². The van der Waals surface area contributed by atoms with Gasteiger partial charge in [-0.3, -0.25) is 15.1 Å². The molecule has 1 fully saturated rings. The summed E-state index contributed by atoms with van der Waals surface area (Å²) in [5.74, 6) is -0.0756. The molecule has 0 spiro atoms. The second-order valence-corrected chi connectivity index (χ2v) is 8.17. The average Bonchev–Trinajstić information content (AvgIpc) is 3.11. The summed E-state index contributed by atoms with van der Waals surface area (Å²) in [6.07, 6.45) is 0. The summed E-state index contributed by atoms with van der Waals surface area (Å²) >= 11 is 0. The Labute approximate surface area is 193 Å². The third-order valence-corrected chi connectivity index (χ3v) is 6.07. The Balaban J connectivity index is 1.51. The summed E-state index contributed by atoms with van der Waals surface area (Å²) < 4.78 is 0. The molecule has 1 aliphatic rings. The van der Waals surface area contributed by atoms with Crippen molar-refractivity contribution in [3.05, 3.63) is 126 Å². The van der Waals surface area contributed by atoms with E-state index in [0.29, 0.717) is 6.54 Å². The second kappa shape index (κ2) is 8.28. The first-order chi connectivity index (χ1) is 16.1. The molecule has 1 saturated heterocycles. The van der Waals surface area contributed by atoms with Gasteiger partial charge < -0.3 is 11.1 Å². The van der Waals surface area contributed by atoms with Crippen molar-refractivity contribution in [3.63, 3.8) is 0 Å². The van der Waals surface area contributed by atoms with Gasteiger partial charge in [0, 0.05) is 5.69 Å². The van der Waals surface area contributed by atoms with Gasteiger partial charge in [0.2, 0.25) is 0 Å². The highest BCUT2D eigenvalue weighted by Crippen LogP contribution is 2.36. The van der Waals surface area contributed by atoms with Gasteiger partial charge in [0.1, 0.15) is 0 Å². The lowest BCUT2D eigenvalue weighted by atomic mass is 9.82. The zero-order valence-corrected chi connectivity index (χ0v) is 18.0. The van der Waals surface area contributed by atoms with Crippen molar-refractivity contribution in [2.24, 2.45) is 0 Å². The molecule has 1 aliphatic heterocycles. The first-order valence-electron chi connectivity index (χ1n) is 10.8. The number of anilines is 1. The number of carbonyl (C=O) groups excluding carboxylic acids is 1. The van der Waals surface area contributed by atoms with Crippen LogP contribution in [0.2, 0.25) is 0 Å². The lowest BCUT2D eigenvalue weighted by Crippen LogP contribution is -2.45. The number of carbonyl (C=O) groups is 1. The highest BCUT2D eigenvalue weighted by molar-refractivity contribution is 6.10. The number of rotatable bonds is 5. The number of benzene rings is 4. The maximum absolute atomic E-state index is 13.9. The van der Waals surface area contributed by atoms with Gasteiger partial charge in [-0.05, 0) is 46.0 Å². The minimum absolute atomic E-state index is 0.0885. The lowest BCUT2D eigenvalue weighted by Gasteiger charge is -2.28. The first kappa shape index (κ1) is 20.5. The smallest absolute Gasteiger partial charge is 0.264 e. The number of hydrogen-bond acceptors (Lipinski definition) is 3. The second-order valence-electron chi connectivity index (χ2n) is 8.17. The van der Waals surface area contributed by atoms with Gasteiger partial charge in [-0.25, -0.2) is 0 Å². The van der Waals surface area contributed by atoms with E-state index >= 15 is 0 Å². The predicted octanol–water partition coefficient (Wildman–Crippen LogP) is 4.75. The Morgan fingerprint density at radius 3 is 1.97 bits per heavy atom. The quantitative estimate of drug-likeness (QED) is 0.398. The standard InChI is InChI=1S/C28H24N4O/c29-25-16-14-21(15-17-25)22-9-7-8-20(18-22)19-32-26(33)28(31-27(32)30,23-10-3-1-4-11-23)24-12-5-2-6-13-24/h1-18H,19,29H2,(H2,30,31). The van der Waals surface area contributed by atoms with Crippen molar-refractivity contribution in [1.29, 1.82) is 5.41 Å². The molecule has 33 heavy (non-hydrogen) atoms. The number of guanidine groups is 1. The molecule has 0 saturated carbocycles. The molecule has 5 heteroatoms. The van der Waals surface area contributed by atoms with E-state index in [9.17, 15) is 4.79 Å². The van der Waals surface area contributed by atoms with Crippen molar-refractivity contribution < 1.29 is 4.79 Å². The van der Waals surface area contributed by atoms with E-state index in [2.05, 4.69) is 11.4 Å². The van der Waals surface area contributed by atoms with Crippen LogP contribution >= 0.6 is 0 Å². The van der Waals surface area contributed by atoms with Crippen LogP contribution in [-0.4, -0.2) is 16.8 Å². The largest absolute Gasteiger partial charge is 0.399 e. The minimum atomic E-state index is -1.13. The fraction of sp³-hybridized carbons (Fsp3) is 0.0714. The van der Waals surface area contributed by atoms with E-state index in [1.165, 1.54) is 4.90 Å². The molecule has 1 amide bonds. The molecule has 162 valence electrons. The highest BCUT2D eigenvalue weighted by atomic mass is 16.2. The average molecular weight is 433 g/mol. The van der Waals surface area contributed by atoms with E-state index in [1.54, 1.807) is 0 Å². The number of hydrogen-bond donors (Lipinski definition) is 3. The Morgan fingerprint density at radius 1 is 0.758 bits per heavy atom. The molecule has 0 aliphatic carbocycles. The number of nitrogens with two attached hydrogens (primary N) is 1. The van der Waals surface area contributed by atoms with Gasteiger partial charge in [0.25, 0.3) is 5.91 Å². The van der Waals surface area contributed by atoms with Crippen LogP contribution in [-0.2, 0) is 16.9 Å². The number of nitrogen functional groups attached to an aromatic ring is 1. The van der Waals surface area contributed by atoms with Gasteiger partial charge in [0.15, 0.2) is 11.5 Å². The Kier molecular flexibility index (Phi) is 5.15. The fourth-order valence-electron chi connectivity index (χ4n) is 4.40. The molecule has 4 aromatic carbocycles. The van der Waals surface area contributed by atoms with Crippen molar-refractivity contribution in [1.82, 2.24) is 10.2 Å². The van der Waals surface area contributed by atoms with Gasteiger partial charge in [-0.15, -0.1) is 0 Å². The maximum Gasteiger partial charge on any atom is 0.264 e. The molecule has 0 aromatic heterocycles. The summed E-state index contributed by atoms with van der Waals surface area (Å²) in [7, 11) is 0. The topological polar surface area (TPSA) is 82.2 Å². The Bertz CT molecular complexity index is 1260. The normalized spacial score (nSPS) is 14.8. The van der Waals surface area contributed by atoms with Crippen LogP contribution < -0.4 is 11.1 Å². The first-order valence-corrected chi connectivity index (χ1v) is 10.8. The van der Waals surface area contributed by atoms with E-state index in [0.717, 1.165) is 33.5 Å². The lowest BCUT2D eigenvalue weighted by molar-refractivity contribution is -0.130. The molecule has 0 unspecified atom stereocenters.